The average Bonchev–Trinajstić information content (AvgIpc) is 2.82. The lowest BCUT2D eigenvalue weighted by molar-refractivity contribution is 0.141. The molecule has 2 aromatic rings. The summed E-state index contributed by atoms with van der Waals surface area (Å²) >= 11 is 0. The van der Waals surface area contributed by atoms with Crippen molar-refractivity contribution in [2.24, 2.45) is 4.99 Å². The Morgan fingerprint density at radius 2 is 1.74 bits per heavy atom. The monoisotopic (exact) mass is 490 g/mol. The molecule has 10 heteroatoms. The Labute approximate surface area is 200 Å². The minimum absolute atomic E-state index is 0.0263. The molecule has 0 radical (unpaired) electrons. The molecule has 2 heterocycles. The highest BCUT2D eigenvalue weighted by Crippen LogP contribution is 2.46. The molecular weight excluding hydrogens is 460 g/mol. The Morgan fingerprint density at radius 1 is 0.971 bits per heavy atom. The minimum Gasteiger partial charge on any atom is -0.496 e. The number of rotatable bonds is 8. The maximum absolute atomic E-state index is 11.8. The SMILES string of the molecule is CCOc1cc2c(cc1OC)C(c1cnc(OC)cc1OC)=N[C@@H]1CC[C@@H](OS(C)(=O)=O)C[C@H]21. The van der Waals surface area contributed by atoms with E-state index in [9.17, 15) is 8.42 Å². The molecule has 184 valence electrons. The van der Waals surface area contributed by atoms with Crippen molar-refractivity contribution in [2.75, 3.05) is 34.2 Å². The van der Waals surface area contributed by atoms with E-state index in [2.05, 4.69) is 4.98 Å². The molecule has 3 atom stereocenters. The van der Waals surface area contributed by atoms with E-state index >= 15 is 0 Å². The summed E-state index contributed by atoms with van der Waals surface area (Å²) in [6.07, 6.45) is 4.23. The molecule has 9 nitrogen and oxygen atoms in total. The van der Waals surface area contributed by atoms with Gasteiger partial charge in [-0.25, -0.2) is 4.98 Å². The van der Waals surface area contributed by atoms with Crippen LogP contribution in [0.2, 0.25) is 0 Å². The van der Waals surface area contributed by atoms with Crippen LogP contribution >= 0.6 is 0 Å². The van der Waals surface area contributed by atoms with E-state index in [-0.39, 0.29) is 12.0 Å². The molecule has 34 heavy (non-hydrogen) atoms. The van der Waals surface area contributed by atoms with E-state index in [0.717, 1.165) is 28.7 Å². The van der Waals surface area contributed by atoms with Gasteiger partial charge in [0, 0.05) is 23.7 Å². The highest BCUT2D eigenvalue weighted by Gasteiger charge is 2.39. The number of fused-ring (bicyclic) bond motifs is 3. The fourth-order valence-corrected chi connectivity index (χ4v) is 5.45. The van der Waals surface area contributed by atoms with Gasteiger partial charge in [0.2, 0.25) is 5.88 Å². The molecule has 0 N–H and O–H groups in total. The molecular formula is C24H30N2O7S. The molecule has 1 aliphatic carbocycles. The predicted molar refractivity (Wildman–Crippen MR) is 127 cm³/mol. The summed E-state index contributed by atoms with van der Waals surface area (Å²) < 4.78 is 51.3. The van der Waals surface area contributed by atoms with E-state index < -0.39 is 16.2 Å². The third-order valence-corrected chi connectivity index (χ3v) is 6.81. The highest BCUT2D eigenvalue weighted by atomic mass is 32.2. The number of benzene rings is 1. The number of hydrogen-bond donors (Lipinski definition) is 0. The van der Waals surface area contributed by atoms with Gasteiger partial charge in [0.05, 0.1) is 57.6 Å². The molecule has 1 aromatic heterocycles. The zero-order chi connectivity index (χ0) is 24.5. The van der Waals surface area contributed by atoms with Crippen LogP contribution in [0.5, 0.6) is 23.1 Å². The van der Waals surface area contributed by atoms with E-state index in [1.807, 2.05) is 19.1 Å². The van der Waals surface area contributed by atoms with E-state index in [1.54, 1.807) is 33.6 Å². The van der Waals surface area contributed by atoms with Gasteiger partial charge in [0.15, 0.2) is 11.5 Å². The second-order valence-corrected chi connectivity index (χ2v) is 9.94. The lowest BCUT2D eigenvalue weighted by Crippen LogP contribution is -2.36. The van der Waals surface area contributed by atoms with Crippen molar-refractivity contribution in [1.82, 2.24) is 4.98 Å². The molecule has 0 spiro atoms. The van der Waals surface area contributed by atoms with Crippen LogP contribution in [-0.2, 0) is 14.3 Å². The Kier molecular flexibility index (Phi) is 6.99. The summed E-state index contributed by atoms with van der Waals surface area (Å²) in [6, 6.07) is 5.58. The van der Waals surface area contributed by atoms with Gasteiger partial charge < -0.3 is 18.9 Å². The van der Waals surface area contributed by atoms with Gasteiger partial charge in [-0.3, -0.25) is 9.18 Å². The summed E-state index contributed by atoms with van der Waals surface area (Å²) in [7, 11) is 1.19. The lowest BCUT2D eigenvalue weighted by Gasteiger charge is -2.38. The molecule has 0 amide bonds. The summed E-state index contributed by atoms with van der Waals surface area (Å²) in [5.41, 5.74) is 3.36. The molecule has 4 rings (SSSR count). The average molecular weight is 491 g/mol. The molecule has 1 aromatic carbocycles. The standard InChI is InChI=1S/C24H30N2O7S/c1-6-32-22-10-15-16-9-14(33-34(5,27)28)7-8-19(16)26-24(17(15)11-21(22)30-3)18-13-25-23(31-4)12-20(18)29-2/h10-14,16,19H,6-9H2,1-5H3/t14-,16-,19-/m1/s1. The summed E-state index contributed by atoms with van der Waals surface area (Å²) in [5.74, 6) is 2.23. The second-order valence-electron chi connectivity index (χ2n) is 8.34. The van der Waals surface area contributed by atoms with Crippen LogP contribution in [0.15, 0.2) is 29.4 Å². The number of hydrogen-bond acceptors (Lipinski definition) is 9. The van der Waals surface area contributed by atoms with E-state index in [0.29, 0.717) is 49.0 Å². The third kappa shape index (κ3) is 4.83. The van der Waals surface area contributed by atoms with Gasteiger partial charge in [-0.15, -0.1) is 0 Å². The number of aromatic nitrogens is 1. The maximum Gasteiger partial charge on any atom is 0.264 e. The smallest absolute Gasteiger partial charge is 0.264 e. The van der Waals surface area contributed by atoms with Crippen molar-refractivity contribution in [1.29, 1.82) is 0 Å². The number of nitrogens with zero attached hydrogens (tertiary/aromatic N) is 2. The van der Waals surface area contributed by atoms with Crippen LogP contribution in [0.4, 0.5) is 0 Å². The van der Waals surface area contributed by atoms with Crippen LogP contribution in [0.1, 0.15) is 48.8 Å². The largest absolute Gasteiger partial charge is 0.496 e. The summed E-state index contributed by atoms with van der Waals surface area (Å²) in [4.78, 5) is 9.49. The number of pyridine rings is 1. The molecule has 0 unspecified atom stereocenters. The predicted octanol–water partition coefficient (Wildman–Crippen LogP) is 3.34. The molecule has 1 aliphatic heterocycles. The van der Waals surface area contributed by atoms with Crippen molar-refractivity contribution < 1.29 is 31.5 Å². The fraction of sp³-hybridized carbons (Fsp3) is 0.500. The van der Waals surface area contributed by atoms with Gasteiger partial charge in [-0.05, 0) is 43.9 Å². The Balaban J connectivity index is 1.85. The molecule has 1 fully saturated rings. The topological polar surface area (TPSA) is 106 Å². The zero-order valence-electron chi connectivity index (χ0n) is 20.0. The second kappa shape index (κ2) is 9.79. The fourth-order valence-electron chi connectivity index (χ4n) is 4.78. The number of ether oxygens (including phenoxy) is 4. The van der Waals surface area contributed by atoms with Crippen LogP contribution in [0, 0.1) is 0 Å². The first-order chi connectivity index (χ1) is 16.3. The van der Waals surface area contributed by atoms with Crippen LogP contribution in [0.25, 0.3) is 0 Å². The first-order valence-electron chi connectivity index (χ1n) is 11.2. The lowest BCUT2D eigenvalue weighted by atomic mass is 9.74. The highest BCUT2D eigenvalue weighted by molar-refractivity contribution is 7.86. The maximum atomic E-state index is 11.8. The molecule has 0 saturated heterocycles. The Hall–Kier alpha value is -2.85. The van der Waals surface area contributed by atoms with Gasteiger partial charge in [-0.1, -0.05) is 0 Å². The quantitative estimate of drug-likeness (QED) is 0.519. The van der Waals surface area contributed by atoms with Crippen LogP contribution in [-0.4, -0.2) is 65.5 Å². The van der Waals surface area contributed by atoms with Crippen molar-refractivity contribution in [3.63, 3.8) is 0 Å². The van der Waals surface area contributed by atoms with Gasteiger partial charge in [0.1, 0.15) is 5.75 Å². The summed E-state index contributed by atoms with van der Waals surface area (Å²) in [6.45, 7) is 2.40. The van der Waals surface area contributed by atoms with Gasteiger partial charge in [0.25, 0.3) is 10.1 Å². The van der Waals surface area contributed by atoms with Crippen LogP contribution in [0.3, 0.4) is 0 Å². The first-order valence-corrected chi connectivity index (χ1v) is 13.0. The van der Waals surface area contributed by atoms with E-state index in [1.165, 1.54) is 0 Å². The van der Waals surface area contributed by atoms with Crippen LogP contribution < -0.4 is 18.9 Å². The minimum atomic E-state index is -3.55. The molecule has 1 saturated carbocycles. The van der Waals surface area contributed by atoms with Gasteiger partial charge >= 0.3 is 0 Å². The third-order valence-electron chi connectivity index (χ3n) is 6.19. The van der Waals surface area contributed by atoms with Crippen molar-refractivity contribution in [3.8, 4) is 23.1 Å². The Bertz CT molecular complexity index is 1200. The zero-order valence-corrected chi connectivity index (χ0v) is 20.8. The number of methoxy groups -OCH3 is 3. The van der Waals surface area contributed by atoms with Crippen molar-refractivity contribution in [2.45, 2.75) is 44.2 Å². The van der Waals surface area contributed by atoms with Crippen molar-refractivity contribution in [3.05, 3.63) is 41.1 Å². The van der Waals surface area contributed by atoms with Crippen molar-refractivity contribution >= 4 is 15.8 Å². The normalized spacial score (nSPS) is 21.7. The number of aliphatic imine (C=N–C) groups is 1. The summed E-state index contributed by atoms with van der Waals surface area (Å²) in [5, 5.41) is 0. The van der Waals surface area contributed by atoms with Gasteiger partial charge in [-0.2, -0.15) is 8.42 Å². The molecule has 0 bridgehead atoms. The van der Waals surface area contributed by atoms with E-state index in [4.69, 9.17) is 28.1 Å². The Morgan fingerprint density at radius 3 is 2.38 bits per heavy atom. The molecule has 2 aliphatic rings. The first kappa shape index (κ1) is 24.3.